The first kappa shape index (κ1) is 11.8. The van der Waals surface area contributed by atoms with Crippen LogP contribution in [0.5, 0.6) is 0 Å². The number of carbonyl (C=O) groups excluding carboxylic acids is 1. The number of piperidine rings is 1. The number of aliphatic hydroxyl groups is 1. The minimum Gasteiger partial charge on any atom is -0.396 e. The van der Waals surface area contributed by atoms with E-state index in [4.69, 9.17) is 10.8 Å². The fourth-order valence-corrected chi connectivity index (χ4v) is 2.16. The molecule has 0 spiro atoms. The second kappa shape index (κ2) is 5.13. The molecule has 1 fully saturated rings. The van der Waals surface area contributed by atoms with Crippen LogP contribution in [0.4, 0.5) is 5.82 Å². The lowest BCUT2D eigenvalue weighted by atomic mass is 9.95. The van der Waals surface area contributed by atoms with E-state index in [1.807, 2.05) is 0 Å². The van der Waals surface area contributed by atoms with Gasteiger partial charge in [0.2, 0.25) is 11.5 Å². The van der Waals surface area contributed by atoms with Gasteiger partial charge in [-0.25, -0.2) is 4.63 Å². The van der Waals surface area contributed by atoms with E-state index in [1.54, 1.807) is 4.90 Å². The van der Waals surface area contributed by atoms with Gasteiger partial charge in [0, 0.05) is 19.7 Å². The van der Waals surface area contributed by atoms with Crippen molar-refractivity contribution in [1.29, 1.82) is 0 Å². The molecule has 1 atom stereocenters. The van der Waals surface area contributed by atoms with Gasteiger partial charge in [-0.15, -0.1) is 0 Å². The van der Waals surface area contributed by atoms with Crippen LogP contribution in [0.3, 0.4) is 0 Å². The quantitative estimate of drug-likeness (QED) is 0.763. The van der Waals surface area contributed by atoms with E-state index in [9.17, 15) is 4.79 Å². The van der Waals surface area contributed by atoms with Crippen molar-refractivity contribution >= 4 is 11.7 Å². The lowest BCUT2D eigenvalue weighted by molar-refractivity contribution is 0.0643. The highest BCUT2D eigenvalue weighted by Crippen LogP contribution is 2.21. The predicted molar refractivity (Wildman–Crippen MR) is 59.0 cm³/mol. The monoisotopic (exact) mass is 240 g/mol. The molecule has 7 nitrogen and oxygen atoms in total. The number of nitrogen functional groups attached to an aromatic ring is 1. The van der Waals surface area contributed by atoms with Gasteiger partial charge < -0.3 is 15.7 Å². The van der Waals surface area contributed by atoms with E-state index in [2.05, 4.69) is 14.9 Å². The molecular weight excluding hydrogens is 224 g/mol. The summed E-state index contributed by atoms with van der Waals surface area (Å²) >= 11 is 0. The average Bonchev–Trinajstić information content (AvgIpc) is 2.75. The van der Waals surface area contributed by atoms with Gasteiger partial charge in [0.25, 0.3) is 5.91 Å². The highest BCUT2D eigenvalue weighted by Gasteiger charge is 2.27. The second-order valence-electron chi connectivity index (χ2n) is 4.27. The van der Waals surface area contributed by atoms with Crippen LogP contribution in [0, 0.1) is 5.92 Å². The van der Waals surface area contributed by atoms with Crippen molar-refractivity contribution in [2.45, 2.75) is 19.3 Å². The van der Waals surface area contributed by atoms with Crippen molar-refractivity contribution in [2.75, 3.05) is 25.4 Å². The van der Waals surface area contributed by atoms with Crippen LogP contribution in [0.2, 0.25) is 0 Å². The molecule has 0 aromatic carbocycles. The highest BCUT2D eigenvalue weighted by molar-refractivity contribution is 5.96. The molecule has 1 aromatic heterocycles. The Bertz CT molecular complexity index is 391. The molecule has 0 bridgehead atoms. The molecule has 2 heterocycles. The zero-order valence-corrected chi connectivity index (χ0v) is 9.50. The molecule has 1 unspecified atom stereocenters. The molecule has 0 saturated carbocycles. The van der Waals surface area contributed by atoms with E-state index in [-0.39, 0.29) is 24.0 Å². The van der Waals surface area contributed by atoms with Gasteiger partial charge in [-0.3, -0.25) is 4.79 Å². The fourth-order valence-electron chi connectivity index (χ4n) is 2.16. The number of hydrogen-bond donors (Lipinski definition) is 2. The first-order chi connectivity index (χ1) is 8.22. The third kappa shape index (κ3) is 2.55. The maximum absolute atomic E-state index is 12.1. The Hall–Kier alpha value is -1.63. The summed E-state index contributed by atoms with van der Waals surface area (Å²) < 4.78 is 4.42. The molecule has 7 heteroatoms. The first-order valence-corrected chi connectivity index (χ1v) is 5.70. The molecule has 0 aliphatic carbocycles. The van der Waals surface area contributed by atoms with Crippen LogP contribution in [0.15, 0.2) is 4.63 Å². The number of nitrogens with zero attached hydrogens (tertiary/aromatic N) is 3. The minimum absolute atomic E-state index is 0.0271. The van der Waals surface area contributed by atoms with Crippen LogP contribution in [0.1, 0.15) is 29.8 Å². The number of rotatable bonds is 3. The van der Waals surface area contributed by atoms with Crippen molar-refractivity contribution in [3.63, 3.8) is 0 Å². The van der Waals surface area contributed by atoms with E-state index in [1.165, 1.54) is 0 Å². The van der Waals surface area contributed by atoms with Crippen molar-refractivity contribution in [2.24, 2.45) is 5.92 Å². The summed E-state index contributed by atoms with van der Waals surface area (Å²) in [5, 5.41) is 15.8. The lowest BCUT2D eigenvalue weighted by Gasteiger charge is -2.31. The summed E-state index contributed by atoms with van der Waals surface area (Å²) in [6.07, 6.45) is 2.69. The topological polar surface area (TPSA) is 105 Å². The molecular formula is C10H16N4O3. The van der Waals surface area contributed by atoms with E-state index < -0.39 is 0 Å². The summed E-state index contributed by atoms with van der Waals surface area (Å²) in [5.41, 5.74) is 5.56. The number of anilines is 1. The van der Waals surface area contributed by atoms with Crippen molar-refractivity contribution < 1.29 is 14.5 Å². The van der Waals surface area contributed by atoms with Crippen LogP contribution < -0.4 is 5.73 Å². The highest BCUT2D eigenvalue weighted by atomic mass is 16.6. The number of nitrogens with two attached hydrogens (primary N) is 1. The number of aromatic nitrogens is 2. The van der Waals surface area contributed by atoms with Gasteiger partial charge in [-0.2, -0.15) is 0 Å². The van der Waals surface area contributed by atoms with Crippen molar-refractivity contribution in [1.82, 2.24) is 15.2 Å². The summed E-state index contributed by atoms with van der Waals surface area (Å²) in [5.74, 6) is 0.129. The largest absolute Gasteiger partial charge is 0.396 e. The van der Waals surface area contributed by atoms with Crippen LogP contribution in [-0.2, 0) is 0 Å². The molecule has 0 radical (unpaired) electrons. The molecule has 1 aliphatic rings. The number of hydrogen-bond acceptors (Lipinski definition) is 6. The summed E-state index contributed by atoms with van der Waals surface area (Å²) in [4.78, 5) is 13.7. The van der Waals surface area contributed by atoms with E-state index >= 15 is 0 Å². The Morgan fingerprint density at radius 3 is 3.06 bits per heavy atom. The molecule has 2 rings (SSSR count). The number of aliphatic hydroxyl groups excluding tert-OH is 1. The molecule has 17 heavy (non-hydrogen) atoms. The number of likely N-dealkylation sites (tertiary alicyclic amines) is 1. The van der Waals surface area contributed by atoms with Crippen molar-refractivity contribution in [3.05, 3.63) is 5.69 Å². The predicted octanol–water partition coefficient (Wildman–Crippen LogP) is -0.114. The Balaban J connectivity index is 2.02. The SMILES string of the molecule is Nc1nonc1C(=O)N1CCCC(CCO)C1. The molecule has 3 N–H and O–H groups in total. The maximum atomic E-state index is 12.1. The smallest absolute Gasteiger partial charge is 0.280 e. The first-order valence-electron chi connectivity index (χ1n) is 5.70. The molecule has 1 aliphatic heterocycles. The summed E-state index contributed by atoms with van der Waals surface area (Å²) in [6.45, 7) is 1.47. The van der Waals surface area contributed by atoms with Gasteiger partial charge in [-0.1, -0.05) is 0 Å². The Morgan fingerprint density at radius 1 is 1.59 bits per heavy atom. The Kier molecular flexibility index (Phi) is 3.58. The third-order valence-corrected chi connectivity index (χ3v) is 3.06. The summed E-state index contributed by atoms with van der Waals surface area (Å²) in [7, 11) is 0. The Labute approximate surface area is 98.5 Å². The van der Waals surface area contributed by atoms with Crippen LogP contribution in [0.25, 0.3) is 0 Å². The minimum atomic E-state index is -0.244. The number of amides is 1. The van der Waals surface area contributed by atoms with Gasteiger partial charge in [0.05, 0.1) is 0 Å². The lowest BCUT2D eigenvalue weighted by Crippen LogP contribution is -2.40. The molecule has 1 aromatic rings. The molecule has 1 saturated heterocycles. The zero-order valence-electron chi connectivity index (χ0n) is 9.50. The number of carbonyl (C=O) groups is 1. The van der Waals surface area contributed by atoms with E-state index in [0.29, 0.717) is 19.0 Å². The van der Waals surface area contributed by atoms with Crippen LogP contribution >= 0.6 is 0 Å². The summed E-state index contributed by atoms with van der Waals surface area (Å²) in [6, 6.07) is 0. The maximum Gasteiger partial charge on any atom is 0.280 e. The van der Waals surface area contributed by atoms with Gasteiger partial charge in [0.15, 0.2) is 0 Å². The fraction of sp³-hybridized carbons (Fsp3) is 0.700. The van der Waals surface area contributed by atoms with Gasteiger partial charge in [-0.05, 0) is 35.5 Å². The molecule has 1 amide bonds. The Morgan fingerprint density at radius 2 is 2.41 bits per heavy atom. The second-order valence-corrected chi connectivity index (χ2v) is 4.27. The zero-order chi connectivity index (χ0) is 12.3. The van der Waals surface area contributed by atoms with Gasteiger partial charge >= 0.3 is 0 Å². The molecule has 94 valence electrons. The van der Waals surface area contributed by atoms with E-state index in [0.717, 1.165) is 19.3 Å². The normalized spacial score (nSPS) is 20.5. The standard InChI is InChI=1S/C10H16N4O3/c11-9-8(12-17-13-9)10(16)14-4-1-2-7(6-14)3-5-15/h7,15H,1-6H2,(H2,11,13). The van der Waals surface area contributed by atoms with Crippen LogP contribution in [-0.4, -0.2) is 45.9 Å². The van der Waals surface area contributed by atoms with Crippen molar-refractivity contribution in [3.8, 4) is 0 Å². The average molecular weight is 240 g/mol. The van der Waals surface area contributed by atoms with Gasteiger partial charge in [0.1, 0.15) is 0 Å². The third-order valence-electron chi connectivity index (χ3n) is 3.06.